The maximum absolute atomic E-state index is 13.4. The highest BCUT2D eigenvalue weighted by molar-refractivity contribution is 5.89. The highest BCUT2D eigenvalue weighted by Crippen LogP contribution is 2.19. The van der Waals surface area contributed by atoms with Gasteiger partial charge in [0.15, 0.2) is 0 Å². The Hall–Kier alpha value is -3.99. The van der Waals surface area contributed by atoms with Crippen LogP contribution in [0.2, 0.25) is 0 Å². The summed E-state index contributed by atoms with van der Waals surface area (Å²) in [4.78, 5) is 15.2. The quantitative estimate of drug-likeness (QED) is 0.315. The molecule has 0 aliphatic rings. The van der Waals surface area contributed by atoms with Crippen LogP contribution in [0.4, 0.5) is 10.5 Å². The number of hydrogen-bond donors (Lipinski definition) is 1. The van der Waals surface area contributed by atoms with Crippen molar-refractivity contribution in [1.82, 2.24) is 9.47 Å². The molecular weight excluding hydrogens is 422 g/mol. The van der Waals surface area contributed by atoms with Crippen LogP contribution in [0.5, 0.6) is 5.75 Å². The van der Waals surface area contributed by atoms with E-state index in [2.05, 4.69) is 53.3 Å². The molecule has 0 saturated carbocycles. The van der Waals surface area contributed by atoms with Gasteiger partial charge in [0.2, 0.25) is 0 Å². The number of rotatable bonds is 9. The summed E-state index contributed by atoms with van der Waals surface area (Å²) in [5.74, 6) is 0.788. The van der Waals surface area contributed by atoms with Crippen molar-refractivity contribution in [3.05, 3.63) is 120 Å². The number of nitrogens with one attached hydrogen (secondary N) is 1. The van der Waals surface area contributed by atoms with Gasteiger partial charge in [-0.3, -0.25) is 0 Å². The fourth-order valence-electron chi connectivity index (χ4n) is 3.92. The predicted octanol–water partition coefficient (Wildman–Crippen LogP) is 6.48. The molecule has 0 fully saturated rings. The van der Waals surface area contributed by atoms with Crippen molar-refractivity contribution in [2.24, 2.45) is 0 Å². The van der Waals surface area contributed by atoms with Crippen molar-refractivity contribution in [3.63, 3.8) is 0 Å². The molecule has 0 aliphatic carbocycles. The minimum Gasteiger partial charge on any atom is -0.494 e. The summed E-state index contributed by atoms with van der Waals surface area (Å²) < 4.78 is 7.72. The monoisotopic (exact) mass is 453 g/mol. The molecular formula is C29H31N3O2. The number of aryl methyl sites for hydroxylation is 1. The number of hydrogen-bond acceptors (Lipinski definition) is 2. The number of nitrogens with zero attached hydrogens (tertiary/aromatic N) is 2. The van der Waals surface area contributed by atoms with E-state index in [1.807, 2.05) is 72.5 Å². The molecule has 2 amide bonds. The SMILES string of the molecule is CCOc1ccc(NC(=O)N(Cc2ccccc2)Cc2cccn2Cc2ccccc2C)cc1. The van der Waals surface area contributed by atoms with Crippen molar-refractivity contribution >= 4 is 11.7 Å². The van der Waals surface area contributed by atoms with Crippen LogP contribution in [0.3, 0.4) is 0 Å². The Morgan fingerprint density at radius 2 is 1.62 bits per heavy atom. The summed E-state index contributed by atoms with van der Waals surface area (Å²) in [7, 11) is 0. The number of ether oxygens (including phenoxy) is 1. The van der Waals surface area contributed by atoms with Crippen molar-refractivity contribution in [3.8, 4) is 5.75 Å². The number of urea groups is 1. The fraction of sp³-hybridized carbons (Fsp3) is 0.207. The molecule has 4 rings (SSSR count). The van der Waals surface area contributed by atoms with Crippen molar-refractivity contribution in [2.75, 3.05) is 11.9 Å². The first-order chi connectivity index (χ1) is 16.6. The van der Waals surface area contributed by atoms with E-state index >= 15 is 0 Å². The lowest BCUT2D eigenvalue weighted by atomic mass is 10.1. The van der Waals surface area contributed by atoms with Gasteiger partial charge < -0.3 is 19.5 Å². The molecule has 0 saturated heterocycles. The van der Waals surface area contributed by atoms with E-state index in [4.69, 9.17) is 4.74 Å². The molecule has 0 bridgehead atoms. The number of benzene rings is 3. The second-order valence-electron chi connectivity index (χ2n) is 8.28. The van der Waals surface area contributed by atoms with Crippen LogP contribution in [0.25, 0.3) is 0 Å². The van der Waals surface area contributed by atoms with Crippen molar-refractivity contribution in [1.29, 1.82) is 0 Å². The van der Waals surface area contributed by atoms with Crippen LogP contribution >= 0.6 is 0 Å². The first kappa shape index (κ1) is 23.2. The summed E-state index contributed by atoms with van der Waals surface area (Å²) >= 11 is 0. The van der Waals surface area contributed by atoms with Gasteiger partial charge in [0.1, 0.15) is 5.75 Å². The lowest BCUT2D eigenvalue weighted by Gasteiger charge is -2.24. The van der Waals surface area contributed by atoms with Gasteiger partial charge in [-0.15, -0.1) is 0 Å². The summed E-state index contributed by atoms with van der Waals surface area (Å²) in [6, 6.07) is 29.9. The van der Waals surface area contributed by atoms with Crippen LogP contribution in [0.1, 0.15) is 29.3 Å². The highest BCUT2D eigenvalue weighted by atomic mass is 16.5. The van der Waals surface area contributed by atoms with Gasteiger partial charge in [-0.1, -0.05) is 54.6 Å². The largest absolute Gasteiger partial charge is 0.494 e. The zero-order valence-electron chi connectivity index (χ0n) is 19.8. The molecule has 4 aromatic rings. The minimum atomic E-state index is -0.142. The molecule has 0 spiro atoms. The van der Waals surface area contributed by atoms with Gasteiger partial charge in [-0.25, -0.2) is 4.79 Å². The molecule has 174 valence electrons. The molecule has 0 radical (unpaired) electrons. The number of aromatic nitrogens is 1. The van der Waals surface area contributed by atoms with Crippen molar-refractivity contribution < 1.29 is 9.53 Å². The lowest BCUT2D eigenvalue weighted by Crippen LogP contribution is -2.34. The van der Waals surface area contributed by atoms with Gasteiger partial charge >= 0.3 is 6.03 Å². The van der Waals surface area contributed by atoms with E-state index < -0.39 is 0 Å². The minimum absolute atomic E-state index is 0.142. The normalized spacial score (nSPS) is 10.6. The van der Waals surface area contributed by atoms with E-state index in [9.17, 15) is 4.79 Å². The van der Waals surface area contributed by atoms with E-state index in [1.165, 1.54) is 11.1 Å². The molecule has 1 aromatic heterocycles. The second-order valence-corrected chi connectivity index (χ2v) is 8.28. The zero-order chi connectivity index (χ0) is 23.8. The summed E-state index contributed by atoms with van der Waals surface area (Å²) in [6.45, 7) is 6.47. The Labute approximate surface area is 201 Å². The highest BCUT2D eigenvalue weighted by Gasteiger charge is 2.17. The van der Waals surface area contributed by atoms with Gasteiger partial charge in [-0.05, 0) is 66.9 Å². The third-order valence-electron chi connectivity index (χ3n) is 5.80. The standard InChI is InChI=1S/C29H31N3O2/c1-3-34-28-17-15-26(16-18-28)30-29(33)32(20-24-11-5-4-6-12-24)22-27-14-9-19-31(27)21-25-13-8-7-10-23(25)2/h4-19H,3,20-22H2,1-2H3,(H,30,33). The fourth-order valence-corrected chi connectivity index (χ4v) is 3.92. The third kappa shape index (κ3) is 6.07. The molecule has 0 unspecified atom stereocenters. The summed E-state index contributed by atoms with van der Waals surface area (Å²) in [5.41, 5.74) is 5.44. The molecule has 0 aliphatic heterocycles. The summed E-state index contributed by atoms with van der Waals surface area (Å²) in [5, 5.41) is 3.04. The Bertz CT molecular complexity index is 1200. The first-order valence-electron chi connectivity index (χ1n) is 11.6. The number of carbonyl (C=O) groups excluding carboxylic acids is 1. The average Bonchev–Trinajstić information content (AvgIpc) is 3.29. The number of carbonyl (C=O) groups is 1. The smallest absolute Gasteiger partial charge is 0.322 e. The first-order valence-corrected chi connectivity index (χ1v) is 11.6. The average molecular weight is 454 g/mol. The lowest BCUT2D eigenvalue weighted by molar-refractivity contribution is 0.205. The Kier molecular flexibility index (Phi) is 7.66. The van der Waals surface area contributed by atoms with E-state index in [0.717, 1.165) is 29.2 Å². The molecule has 1 heterocycles. The molecule has 3 aromatic carbocycles. The zero-order valence-corrected chi connectivity index (χ0v) is 19.8. The molecule has 5 heteroatoms. The Balaban J connectivity index is 1.53. The van der Waals surface area contributed by atoms with E-state index in [1.54, 1.807) is 0 Å². The van der Waals surface area contributed by atoms with Crippen LogP contribution in [0, 0.1) is 6.92 Å². The summed E-state index contributed by atoms with van der Waals surface area (Å²) in [6.07, 6.45) is 2.08. The van der Waals surface area contributed by atoms with Gasteiger partial charge in [0.25, 0.3) is 0 Å². The topological polar surface area (TPSA) is 46.5 Å². The van der Waals surface area contributed by atoms with Gasteiger partial charge in [0, 0.05) is 30.7 Å². The number of amides is 2. The molecule has 5 nitrogen and oxygen atoms in total. The van der Waals surface area contributed by atoms with Crippen LogP contribution in [-0.4, -0.2) is 22.1 Å². The van der Waals surface area contributed by atoms with Crippen LogP contribution in [-0.2, 0) is 19.6 Å². The van der Waals surface area contributed by atoms with E-state index in [-0.39, 0.29) is 6.03 Å². The third-order valence-corrected chi connectivity index (χ3v) is 5.80. The maximum atomic E-state index is 13.4. The van der Waals surface area contributed by atoms with Crippen LogP contribution < -0.4 is 10.1 Å². The van der Waals surface area contributed by atoms with E-state index in [0.29, 0.717) is 19.7 Å². The Morgan fingerprint density at radius 3 is 2.35 bits per heavy atom. The van der Waals surface area contributed by atoms with Gasteiger partial charge in [-0.2, -0.15) is 0 Å². The molecule has 1 N–H and O–H groups in total. The second kappa shape index (κ2) is 11.2. The maximum Gasteiger partial charge on any atom is 0.322 e. The Morgan fingerprint density at radius 1 is 0.882 bits per heavy atom. The molecule has 0 atom stereocenters. The number of anilines is 1. The van der Waals surface area contributed by atoms with Gasteiger partial charge in [0.05, 0.1) is 13.2 Å². The van der Waals surface area contributed by atoms with Crippen molar-refractivity contribution in [2.45, 2.75) is 33.5 Å². The predicted molar refractivity (Wildman–Crippen MR) is 137 cm³/mol. The molecule has 34 heavy (non-hydrogen) atoms. The van der Waals surface area contributed by atoms with Crippen LogP contribution in [0.15, 0.2) is 97.2 Å².